The van der Waals surface area contributed by atoms with E-state index in [9.17, 15) is 23.1 Å². The number of hydrogen-bond acceptors (Lipinski definition) is 7. The van der Waals surface area contributed by atoms with E-state index in [1.807, 2.05) is 31.4 Å². The molecule has 1 unspecified atom stereocenters. The average Bonchev–Trinajstić information content (AvgIpc) is 3.49. The first-order chi connectivity index (χ1) is 17.4. The normalized spacial score (nSPS) is 11.7. The first kappa shape index (κ1) is 27.0. The third-order valence-electron chi connectivity index (χ3n) is 5.24. The van der Waals surface area contributed by atoms with Crippen LogP contribution in [0.3, 0.4) is 0 Å². The van der Waals surface area contributed by atoms with Crippen LogP contribution in [0.1, 0.15) is 29.1 Å². The highest BCUT2D eigenvalue weighted by Crippen LogP contribution is 2.39. The van der Waals surface area contributed by atoms with Gasteiger partial charge in [0.1, 0.15) is 11.4 Å². The fourth-order valence-electron chi connectivity index (χ4n) is 3.65. The third-order valence-corrected chi connectivity index (χ3v) is 7.43. The molecule has 4 aromatic rings. The van der Waals surface area contributed by atoms with E-state index in [4.69, 9.17) is 0 Å². The number of carboxylic acids is 1. The van der Waals surface area contributed by atoms with Gasteiger partial charge in [-0.1, -0.05) is 19.9 Å². The van der Waals surface area contributed by atoms with E-state index in [0.717, 1.165) is 21.9 Å². The Hall–Kier alpha value is -3.01. The smallest absolute Gasteiger partial charge is 0.408 e. The summed E-state index contributed by atoms with van der Waals surface area (Å²) < 4.78 is 45.3. The molecule has 0 aliphatic rings. The van der Waals surface area contributed by atoms with Crippen LogP contribution < -0.4 is 9.64 Å². The molecule has 0 amide bonds. The van der Waals surface area contributed by atoms with Crippen molar-refractivity contribution in [3.63, 3.8) is 0 Å². The lowest BCUT2D eigenvalue weighted by Crippen LogP contribution is -2.16. The highest BCUT2D eigenvalue weighted by molar-refractivity contribution is 7.17. The van der Waals surface area contributed by atoms with E-state index in [2.05, 4.69) is 14.7 Å². The number of rotatable bonds is 9. The molecule has 194 valence electrons. The highest BCUT2D eigenvalue weighted by atomic mass is 32.1. The van der Waals surface area contributed by atoms with E-state index in [1.54, 1.807) is 24.2 Å². The minimum atomic E-state index is -3.60. The van der Waals surface area contributed by atoms with Gasteiger partial charge < -0.3 is 14.7 Å². The average molecular weight is 566 g/mol. The number of hydrogen-bond donors (Lipinski definition) is 1. The van der Waals surface area contributed by atoms with Crippen LogP contribution in [0.5, 0.6) is 5.75 Å². The van der Waals surface area contributed by atoms with Crippen LogP contribution in [-0.4, -0.2) is 33.9 Å². The second kappa shape index (κ2) is 10.8. The monoisotopic (exact) mass is 565 g/mol. The van der Waals surface area contributed by atoms with Crippen molar-refractivity contribution in [3.05, 3.63) is 64.2 Å². The van der Waals surface area contributed by atoms with E-state index in [-0.39, 0.29) is 17.3 Å². The molecule has 0 aliphatic carbocycles. The Morgan fingerprint density at radius 2 is 2.00 bits per heavy atom. The number of thiophene rings is 1. The number of thiazole rings is 1. The minimum Gasteiger partial charge on any atom is -0.478 e. The van der Waals surface area contributed by atoms with Crippen molar-refractivity contribution in [2.24, 2.45) is 5.92 Å². The molecule has 0 radical (unpaired) electrons. The SMILES string of the molecule is CC(C)Cc1sc(N(C)c2ncc(-c3cccs3)cc2C(=O)O)nc1-c1ccc(OC(F)(F)P)c(F)c1. The Bertz CT molecular complexity index is 1420. The van der Waals surface area contributed by atoms with Gasteiger partial charge in [0, 0.05) is 34.1 Å². The first-order valence-corrected chi connectivity index (χ1v) is 13.4. The Morgan fingerprint density at radius 3 is 2.59 bits per heavy atom. The molecule has 0 bridgehead atoms. The zero-order valence-corrected chi connectivity index (χ0v) is 22.8. The number of alkyl halides is 2. The van der Waals surface area contributed by atoms with Crippen molar-refractivity contribution in [2.45, 2.75) is 26.1 Å². The number of ether oxygens (including phenoxy) is 1. The molecule has 37 heavy (non-hydrogen) atoms. The summed E-state index contributed by atoms with van der Waals surface area (Å²) in [6.45, 7) is 4.05. The molecule has 4 rings (SSSR count). The minimum absolute atomic E-state index is 0.0152. The van der Waals surface area contributed by atoms with Gasteiger partial charge in [-0.2, -0.15) is 8.78 Å². The van der Waals surface area contributed by atoms with Gasteiger partial charge in [-0.25, -0.2) is 19.2 Å². The second-order valence-electron chi connectivity index (χ2n) is 8.61. The van der Waals surface area contributed by atoms with E-state index >= 15 is 0 Å². The van der Waals surface area contributed by atoms with Gasteiger partial charge in [-0.15, -0.1) is 22.7 Å². The number of carboxylic acid groups (broad SMARTS) is 1. The van der Waals surface area contributed by atoms with Crippen LogP contribution in [0, 0.1) is 11.7 Å². The summed E-state index contributed by atoms with van der Waals surface area (Å²) in [6.07, 6.45) is 2.24. The summed E-state index contributed by atoms with van der Waals surface area (Å²) >= 11 is 2.82. The number of carbonyl (C=O) groups is 1. The lowest BCUT2D eigenvalue weighted by molar-refractivity contribution is -0.0912. The van der Waals surface area contributed by atoms with Crippen LogP contribution in [0.4, 0.5) is 24.1 Å². The molecule has 0 saturated carbocycles. The van der Waals surface area contributed by atoms with Gasteiger partial charge >= 0.3 is 11.8 Å². The van der Waals surface area contributed by atoms with Crippen LogP contribution in [0.2, 0.25) is 0 Å². The Kier molecular flexibility index (Phi) is 7.87. The lowest BCUT2D eigenvalue weighted by atomic mass is 10.0. The van der Waals surface area contributed by atoms with Crippen molar-refractivity contribution in [3.8, 4) is 27.4 Å². The zero-order chi connectivity index (χ0) is 26.9. The summed E-state index contributed by atoms with van der Waals surface area (Å²) in [5, 5.41) is 12.2. The van der Waals surface area contributed by atoms with Gasteiger partial charge in [0.25, 0.3) is 0 Å². The molecule has 0 fully saturated rings. The molecule has 0 aliphatic heterocycles. The summed E-state index contributed by atoms with van der Waals surface area (Å²) in [5.74, 6) is -5.80. The fourth-order valence-corrected chi connectivity index (χ4v) is 5.74. The van der Waals surface area contributed by atoms with Crippen molar-refractivity contribution in [1.82, 2.24) is 9.97 Å². The third kappa shape index (κ3) is 6.29. The fraction of sp³-hybridized carbons (Fsp3) is 0.240. The Balaban J connectivity index is 1.74. The molecule has 1 N–H and O–H groups in total. The largest absolute Gasteiger partial charge is 0.478 e. The Morgan fingerprint density at radius 1 is 1.24 bits per heavy atom. The maximum absolute atomic E-state index is 14.6. The molecule has 1 atom stereocenters. The van der Waals surface area contributed by atoms with Crippen molar-refractivity contribution in [2.75, 3.05) is 11.9 Å². The summed E-state index contributed by atoms with van der Waals surface area (Å²) in [7, 11) is 2.87. The summed E-state index contributed by atoms with van der Waals surface area (Å²) in [4.78, 5) is 24.5. The van der Waals surface area contributed by atoms with Crippen LogP contribution in [0.15, 0.2) is 48.0 Å². The predicted molar refractivity (Wildman–Crippen MR) is 144 cm³/mol. The quantitative estimate of drug-likeness (QED) is 0.211. The predicted octanol–water partition coefficient (Wildman–Crippen LogP) is 7.54. The van der Waals surface area contributed by atoms with Crippen molar-refractivity contribution >= 4 is 48.8 Å². The van der Waals surface area contributed by atoms with Gasteiger partial charge in [-0.05, 0) is 57.3 Å². The van der Waals surface area contributed by atoms with Gasteiger partial charge in [0.05, 0.1) is 5.69 Å². The van der Waals surface area contributed by atoms with Crippen LogP contribution in [0.25, 0.3) is 21.7 Å². The molecule has 0 spiro atoms. The topological polar surface area (TPSA) is 75.6 Å². The number of benzene rings is 1. The lowest BCUT2D eigenvalue weighted by Gasteiger charge is -2.17. The maximum atomic E-state index is 14.6. The van der Waals surface area contributed by atoms with Gasteiger partial charge in [0.15, 0.2) is 16.7 Å². The second-order valence-corrected chi connectivity index (χ2v) is 11.3. The van der Waals surface area contributed by atoms with Crippen molar-refractivity contribution < 1.29 is 27.8 Å². The molecule has 12 heteroatoms. The van der Waals surface area contributed by atoms with E-state index < -0.39 is 23.4 Å². The summed E-state index contributed by atoms with van der Waals surface area (Å²) in [5.41, 5.74) is 1.58. The number of pyridine rings is 1. The molecule has 1 aromatic carbocycles. The maximum Gasteiger partial charge on any atom is 0.408 e. The van der Waals surface area contributed by atoms with E-state index in [1.165, 1.54) is 38.0 Å². The molecular formula is C25H23F3N3O3PS2. The van der Waals surface area contributed by atoms with E-state index in [0.29, 0.717) is 28.4 Å². The molecular weight excluding hydrogens is 542 g/mol. The molecule has 6 nitrogen and oxygen atoms in total. The standard InChI is InChI=1S/C25H23F3N3O3PS2/c1-13(2)9-20-21(14-6-7-18(17(26)11-14)34-25(27,28)35)30-24(37-20)31(3)22-16(23(32)33)10-15(12-29-22)19-5-4-8-36-19/h4-8,10-13H,9,35H2,1-3H3,(H,32,33). The van der Waals surface area contributed by atoms with Gasteiger partial charge in [0.2, 0.25) is 0 Å². The molecule has 3 aromatic heterocycles. The molecule has 0 saturated heterocycles. The zero-order valence-electron chi connectivity index (χ0n) is 20.0. The number of anilines is 2. The summed E-state index contributed by atoms with van der Waals surface area (Å²) in [6, 6.07) is 9.05. The number of halogens is 3. The number of aromatic nitrogens is 2. The van der Waals surface area contributed by atoms with Gasteiger partial charge in [-0.3, -0.25) is 0 Å². The number of aromatic carboxylic acids is 1. The number of nitrogens with zero attached hydrogens (tertiary/aromatic N) is 3. The van der Waals surface area contributed by atoms with Crippen LogP contribution >= 0.6 is 31.9 Å². The van der Waals surface area contributed by atoms with Crippen LogP contribution in [-0.2, 0) is 6.42 Å². The van der Waals surface area contributed by atoms with Crippen molar-refractivity contribution in [1.29, 1.82) is 0 Å². The highest BCUT2D eigenvalue weighted by Gasteiger charge is 2.26. The Labute approximate surface area is 222 Å². The first-order valence-electron chi connectivity index (χ1n) is 11.1. The molecule has 3 heterocycles.